The van der Waals surface area contributed by atoms with Crippen molar-refractivity contribution in [1.82, 2.24) is 10.6 Å². The van der Waals surface area contributed by atoms with E-state index in [1.807, 2.05) is 37.3 Å². The van der Waals surface area contributed by atoms with Crippen LogP contribution in [0.5, 0.6) is 0 Å². The Bertz CT molecular complexity index is 743. The Labute approximate surface area is 140 Å². The van der Waals surface area contributed by atoms with Crippen LogP contribution in [0.3, 0.4) is 0 Å². The van der Waals surface area contributed by atoms with Crippen LogP contribution in [0.15, 0.2) is 42.5 Å². The summed E-state index contributed by atoms with van der Waals surface area (Å²) in [6.45, 7) is 1.94. The van der Waals surface area contributed by atoms with Crippen LogP contribution in [-0.2, 0) is 14.3 Å². The van der Waals surface area contributed by atoms with Gasteiger partial charge in [-0.3, -0.25) is 9.59 Å². The number of carbonyl (C=O) groups excluding carboxylic acids is 3. The molecule has 0 saturated heterocycles. The van der Waals surface area contributed by atoms with Crippen molar-refractivity contribution >= 4 is 28.6 Å². The Morgan fingerprint density at radius 1 is 0.958 bits per heavy atom. The van der Waals surface area contributed by atoms with Crippen LogP contribution in [0.25, 0.3) is 10.8 Å². The Morgan fingerprint density at radius 3 is 2.46 bits per heavy atom. The summed E-state index contributed by atoms with van der Waals surface area (Å²) in [6.07, 6.45) is 0.822. The van der Waals surface area contributed by atoms with Crippen molar-refractivity contribution < 1.29 is 19.1 Å². The third kappa shape index (κ3) is 5.08. The number of carbonyl (C=O) groups is 3. The van der Waals surface area contributed by atoms with Crippen molar-refractivity contribution in [1.29, 1.82) is 0 Å². The van der Waals surface area contributed by atoms with Crippen LogP contribution in [0.4, 0.5) is 0 Å². The fourth-order valence-electron chi connectivity index (χ4n) is 2.09. The molecular weight excluding hydrogens is 308 g/mol. The smallest absolute Gasteiger partial charge is 0.338 e. The first-order chi connectivity index (χ1) is 11.6. The van der Waals surface area contributed by atoms with E-state index in [0.29, 0.717) is 12.1 Å². The second-order valence-electron chi connectivity index (χ2n) is 5.26. The number of hydrogen-bond acceptors (Lipinski definition) is 4. The minimum atomic E-state index is -0.577. The van der Waals surface area contributed by atoms with Gasteiger partial charge in [-0.2, -0.15) is 0 Å². The van der Waals surface area contributed by atoms with E-state index in [1.54, 1.807) is 12.1 Å². The summed E-state index contributed by atoms with van der Waals surface area (Å²) in [5.41, 5.74) is 0.377. The van der Waals surface area contributed by atoms with Crippen molar-refractivity contribution in [2.45, 2.75) is 13.3 Å². The Kier molecular flexibility index (Phi) is 6.31. The second-order valence-corrected chi connectivity index (χ2v) is 5.26. The van der Waals surface area contributed by atoms with E-state index < -0.39 is 18.5 Å². The van der Waals surface area contributed by atoms with Crippen LogP contribution >= 0.6 is 0 Å². The minimum Gasteiger partial charge on any atom is -0.452 e. The van der Waals surface area contributed by atoms with Crippen LogP contribution < -0.4 is 10.6 Å². The zero-order valence-electron chi connectivity index (χ0n) is 13.5. The highest BCUT2D eigenvalue weighted by Crippen LogP contribution is 2.16. The molecule has 0 unspecified atom stereocenters. The van der Waals surface area contributed by atoms with Gasteiger partial charge in [0.05, 0.1) is 12.1 Å². The monoisotopic (exact) mass is 328 g/mol. The van der Waals surface area contributed by atoms with Gasteiger partial charge in [-0.1, -0.05) is 37.3 Å². The fourth-order valence-corrected chi connectivity index (χ4v) is 2.09. The maximum absolute atomic E-state index is 12.0. The minimum absolute atomic E-state index is 0.133. The molecule has 0 bridgehead atoms. The molecule has 0 aliphatic carbocycles. The first-order valence-electron chi connectivity index (χ1n) is 7.79. The van der Waals surface area contributed by atoms with Gasteiger partial charge in [0, 0.05) is 6.54 Å². The molecule has 0 aliphatic heterocycles. The third-order valence-corrected chi connectivity index (χ3v) is 3.34. The number of nitrogens with one attached hydrogen (secondary N) is 2. The second kappa shape index (κ2) is 8.67. The van der Waals surface area contributed by atoms with E-state index in [2.05, 4.69) is 10.6 Å². The summed E-state index contributed by atoms with van der Waals surface area (Å²) < 4.78 is 4.97. The van der Waals surface area contributed by atoms with Crippen molar-refractivity contribution in [2.24, 2.45) is 0 Å². The fraction of sp³-hybridized carbons (Fsp3) is 0.278. The SMILES string of the molecule is CCCNC(=O)CNC(=O)COC(=O)c1ccc2ccccc2c1. The molecule has 0 heterocycles. The van der Waals surface area contributed by atoms with Gasteiger partial charge in [0.15, 0.2) is 6.61 Å². The van der Waals surface area contributed by atoms with Crippen LogP contribution in [0, 0.1) is 0 Å². The molecule has 126 valence electrons. The zero-order chi connectivity index (χ0) is 17.4. The van der Waals surface area contributed by atoms with Crippen molar-refractivity contribution in [3.05, 3.63) is 48.0 Å². The summed E-state index contributed by atoms with van der Waals surface area (Å²) >= 11 is 0. The van der Waals surface area contributed by atoms with Gasteiger partial charge in [-0.05, 0) is 29.3 Å². The molecule has 0 radical (unpaired) electrons. The van der Waals surface area contributed by atoms with E-state index in [-0.39, 0.29) is 12.5 Å². The van der Waals surface area contributed by atoms with Crippen molar-refractivity contribution in [2.75, 3.05) is 19.7 Å². The summed E-state index contributed by atoms with van der Waals surface area (Å²) in [5.74, 6) is -1.37. The molecule has 0 aliphatic rings. The number of ether oxygens (including phenoxy) is 1. The highest BCUT2D eigenvalue weighted by molar-refractivity contribution is 5.96. The van der Waals surface area contributed by atoms with Gasteiger partial charge < -0.3 is 15.4 Å². The third-order valence-electron chi connectivity index (χ3n) is 3.34. The van der Waals surface area contributed by atoms with Gasteiger partial charge in [-0.25, -0.2) is 4.79 Å². The highest BCUT2D eigenvalue weighted by Gasteiger charge is 2.11. The predicted octanol–water partition coefficient (Wildman–Crippen LogP) is 1.64. The molecule has 2 aromatic rings. The number of benzene rings is 2. The molecule has 6 nitrogen and oxygen atoms in total. The molecule has 2 rings (SSSR count). The van der Waals surface area contributed by atoms with E-state index in [9.17, 15) is 14.4 Å². The first-order valence-corrected chi connectivity index (χ1v) is 7.79. The molecule has 0 atom stereocenters. The maximum atomic E-state index is 12.0. The molecule has 6 heteroatoms. The van der Waals surface area contributed by atoms with Crippen molar-refractivity contribution in [3.63, 3.8) is 0 Å². The van der Waals surface area contributed by atoms with Gasteiger partial charge in [0.25, 0.3) is 5.91 Å². The lowest BCUT2D eigenvalue weighted by atomic mass is 10.1. The normalized spacial score (nSPS) is 10.2. The molecule has 2 amide bonds. The average Bonchev–Trinajstić information content (AvgIpc) is 2.62. The van der Waals surface area contributed by atoms with E-state index in [1.165, 1.54) is 0 Å². The van der Waals surface area contributed by atoms with Gasteiger partial charge in [0.1, 0.15) is 0 Å². The number of rotatable bonds is 7. The predicted molar refractivity (Wildman–Crippen MR) is 90.5 cm³/mol. The van der Waals surface area contributed by atoms with Gasteiger partial charge in [-0.15, -0.1) is 0 Å². The summed E-state index contributed by atoms with van der Waals surface area (Å²) in [7, 11) is 0. The van der Waals surface area contributed by atoms with E-state index in [4.69, 9.17) is 4.74 Å². The molecule has 2 aromatic carbocycles. The largest absolute Gasteiger partial charge is 0.452 e. The lowest BCUT2D eigenvalue weighted by molar-refractivity contribution is -0.127. The topological polar surface area (TPSA) is 84.5 Å². The highest BCUT2D eigenvalue weighted by atomic mass is 16.5. The standard InChI is InChI=1S/C18H20N2O4/c1-2-9-19-16(21)11-20-17(22)12-24-18(23)15-8-7-13-5-3-4-6-14(13)10-15/h3-8,10H,2,9,11-12H2,1H3,(H,19,21)(H,20,22). The number of amides is 2. The molecule has 0 fully saturated rings. The van der Waals surface area contributed by atoms with Crippen molar-refractivity contribution in [3.8, 4) is 0 Å². The van der Waals surface area contributed by atoms with Crippen LogP contribution in [0.1, 0.15) is 23.7 Å². The van der Waals surface area contributed by atoms with Gasteiger partial charge in [0.2, 0.25) is 5.91 Å². The zero-order valence-corrected chi connectivity index (χ0v) is 13.5. The maximum Gasteiger partial charge on any atom is 0.338 e. The van der Waals surface area contributed by atoms with Crippen LogP contribution in [0.2, 0.25) is 0 Å². The molecular formula is C18H20N2O4. The summed E-state index contributed by atoms with van der Waals surface area (Å²) in [4.78, 5) is 34.9. The molecule has 2 N–H and O–H groups in total. The number of fused-ring (bicyclic) bond motifs is 1. The Hall–Kier alpha value is -2.89. The molecule has 24 heavy (non-hydrogen) atoms. The number of hydrogen-bond donors (Lipinski definition) is 2. The number of esters is 1. The summed E-state index contributed by atoms with van der Waals surface area (Å²) in [5, 5.41) is 6.97. The average molecular weight is 328 g/mol. The molecule has 0 spiro atoms. The quantitative estimate of drug-likeness (QED) is 0.757. The lowest BCUT2D eigenvalue weighted by Crippen LogP contribution is -2.38. The Balaban J connectivity index is 1.81. The van der Waals surface area contributed by atoms with E-state index in [0.717, 1.165) is 17.2 Å². The lowest BCUT2D eigenvalue weighted by Gasteiger charge is -2.07. The Morgan fingerprint density at radius 2 is 1.71 bits per heavy atom. The summed E-state index contributed by atoms with van der Waals surface area (Å²) in [6, 6.07) is 12.8. The molecule has 0 saturated carbocycles. The first kappa shape index (κ1) is 17.5. The van der Waals surface area contributed by atoms with Gasteiger partial charge >= 0.3 is 5.97 Å². The van der Waals surface area contributed by atoms with Crippen LogP contribution in [-0.4, -0.2) is 37.5 Å². The molecule has 0 aromatic heterocycles. The van der Waals surface area contributed by atoms with E-state index >= 15 is 0 Å².